The monoisotopic (exact) mass is 291 g/mol. The average molecular weight is 291 g/mol. The van der Waals surface area contributed by atoms with E-state index in [1.807, 2.05) is 7.05 Å². The maximum atomic E-state index is 6.29. The molecule has 2 aliphatic carbocycles. The Morgan fingerprint density at radius 1 is 1.38 bits per heavy atom. The first-order valence-corrected chi connectivity index (χ1v) is 8.23. The van der Waals surface area contributed by atoms with E-state index in [4.69, 9.17) is 9.15 Å². The summed E-state index contributed by atoms with van der Waals surface area (Å²) in [6.07, 6.45) is 4.27. The highest BCUT2D eigenvalue weighted by Gasteiger charge is 2.61. The number of nitrogens with one attached hydrogen (secondary N) is 1. The maximum absolute atomic E-state index is 6.29. The topological polar surface area (TPSA) is 34.4 Å². The zero-order valence-electron chi connectivity index (χ0n) is 14.1. The molecule has 0 aliphatic heterocycles. The molecule has 2 bridgehead atoms. The minimum Gasteiger partial charge on any atom is -0.462 e. The smallest absolute Gasteiger partial charge is 0.130 e. The van der Waals surface area contributed by atoms with Crippen LogP contribution in [-0.4, -0.2) is 13.2 Å². The Hall–Kier alpha value is -0.800. The fraction of sp³-hybridized carbons (Fsp3) is 0.778. The van der Waals surface area contributed by atoms with Crippen molar-refractivity contribution in [3.8, 4) is 0 Å². The zero-order valence-corrected chi connectivity index (χ0v) is 14.1. The lowest BCUT2D eigenvalue weighted by Crippen LogP contribution is -2.37. The van der Waals surface area contributed by atoms with E-state index in [9.17, 15) is 0 Å². The predicted molar refractivity (Wildman–Crippen MR) is 84.0 cm³/mol. The van der Waals surface area contributed by atoms with Gasteiger partial charge in [-0.1, -0.05) is 20.8 Å². The molecule has 21 heavy (non-hydrogen) atoms. The van der Waals surface area contributed by atoms with Crippen LogP contribution < -0.4 is 5.32 Å². The van der Waals surface area contributed by atoms with Crippen molar-refractivity contribution in [1.29, 1.82) is 0 Å². The van der Waals surface area contributed by atoms with Gasteiger partial charge < -0.3 is 14.5 Å². The first-order chi connectivity index (χ1) is 9.88. The number of furan rings is 1. The molecule has 1 aromatic heterocycles. The summed E-state index contributed by atoms with van der Waals surface area (Å²) < 4.78 is 12.2. The van der Waals surface area contributed by atoms with Gasteiger partial charge in [-0.25, -0.2) is 0 Å². The van der Waals surface area contributed by atoms with Crippen LogP contribution >= 0.6 is 0 Å². The largest absolute Gasteiger partial charge is 0.462 e. The lowest BCUT2D eigenvalue weighted by Gasteiger charge is -2.38. The van der Waals surface area contributed by atoms with E-state index in [0.29, 0.717) is 23.5 Å². The Bertz CT molecular complexity index is 519. The quantitative estimate of drug-likeness (QED) is 0.889. The molecule has 2 saturated carbocycles. The second-order valence-corrected chi connectivity index (χ2v) is 7.76. The molecule has 1 N–H and O–H groups in total. The van der Waals surface area contributed by atoms with Crippen molar-refractivity contribution >= 4 is 0 Å². The van der Waals surface area contributed by atoms with Crippen LogP contribution in [-0.2, 0) is 17.9 Å². The summed E-state index contributed by atoms with van der Waals surface area (Å²) in [5.74, 6) is 2.81. The van der Waals surface area contributed by atoms with Gasteiger partial charge in [0.15, 0.2) is 0 Å². The van der Waals surface area contributed by atoms with E-state index >= 15 is 0 Å². The number of fused-ring (bicyclic) bond motifs is 2. The third kappa shape index (κ3) is 2.25. The van der Waals surface area contributed by atoms with Crippen molar-refractivity contribution in [2.45, 2.75) is 66.2 Å². The maximum Gasteiger partial charge on any atom is 0.130 e. The molecule has 3 nitrogen and oxygen atoms in total. The molecule has 2 aliphatic rings. The number of hydrogen-bond acceptors (Lipinski definition) is 3. The lowest BCUT2D eigenvalue weighted by atomic mass is 9.70. The molecule has 0 amide bonds. The van der Waals surface area contributed by atoms with Crippen LogP contribution in [0.3, 0.4) is 0 Å². The van der Waals surface area contributed by atoms with Gasteiger partial charge in [0.2, 0.25) is 0 Å². The standard InChI is InChI=1S/C18H29NO2/c1-12-8-14(21-15(12)10-19-5)11-20-16-9-13-6-7-18(16,4)17(13,2)3/h8,13,16,19H,6-7,9-11H2,1-5H3. The molecule has 1 aromatic rings. The summed E-state index contributed by atoms with van der Waals surface area (Å²) in [6.45, 7) is 10.8. The molecule has 0 radical (unpaired) electrons. The number of hydrogen-bond donors (Lipinski definition) is 1. The van der Waals surface area contributed by atoms with Gasteiger partial charge in [0.1, 0.15) is 18.1 Å². The van der Waals surface area contributed by atoms with E-state index in [1.54, 1.807) is 0 Å². The van der Waals surface area contributed by atoms with Crippen molar-refractivity contribution in [1.82, 2.24) is 5.32 Å². The lowest BCUT2D eigenvalue weighted by molar-refractivity contribution is -0.0598. The average Bonchev–Trinajstić information content (AvgIpc) is 2.94. The van der Waals surface area contributed by atoms with Crippen molar-refractivity contribution < 1.29 is 9.15 Å². The Balaban J connectivity index is 1.65. The highest BCUT2D eigenvalue weighted by atomic mass is 16.5. The molecular weight excluding hydrogens is 262 g/mol. The Kier molecular flexibility index (Phi) is 3.69. The van der Waals surface area contributed by atoms with E-state index in [-0.39, 0.29) is 0 Å². The van der Waals surface area contributed by atoms with E-state index in [1.165, 1.54) is 24.8 Å². The first kappa shape index (κ1) is 15.1. The van der Waals surface area contributed by atoms with Crippen LogP contribution in [0.5, 0.6) is 0 Å². The first-order valence-electron chi connectivity index (χ1n) is 8.23. The van der Waals surface area contributed by atoms with E-state index in [0.717, 1.165) is 24.0 Å². The fourth-order valence-corrected chi connectivity index (χ4v) is 4.56. The van der Waals surface area contributed by atoms with Crippen LogP contribution in [0, 0.1) is 23.7 Å². The molecule has 2 fully saturated rings. The summed E-state index contributed by atoms with van der Waals surface area (Å²) >= 11 is 0. The number of aryl methyl sites for hydroxylation is 1. The molecular formula is C18H29NO2. The molecule has 3 atom stereocenters. The summed E-state index contributed by atoms with van der Waals surface area (Å²) in [6, 6.07) is 2.12. The normalized spacial score (nSPS) is 33.8. The minimum atomic E-state index is 0.326. The fourth-order valence-electron chi connectivity index (χ4n) is 4.56. The Morgan fingerprint density at radius 2 is 2.14 bits per heavy atom. The number of ether oxygens (including phenoxy) is 1. The van der Waals surface area contributed by atoms with Gasteiger partial charge >= 0.3 is 0 Å². The second-order valence-electron chi connectivity index (χ2n) is 7.76. The second kappa shape index (κ2) is 5.13. The van der Waals surface area contributed by atoms with Gasteiger partial charge in [0.05, 0.1) is 12.6 Å². The van der Waals surface area contributed by atoms with Gasteiger partial charge in [0, 0.05) is 0 Å². The van der Waals surface area contributed by atoms with Crippen molar-refractivity contribution in [2.24, 2.45) is 16.7 Å². The van der Waals surface area contributed by atoms with Gasteiger partial charge in [-0.05, 0) is 61.6 Å². The summed E-state index contributed by atoms with van der Waals surface area (Å²) in [5, 5.41) is 3.14. The van der Waals surface area contributed by atoms with E-state index < -0.39 is 0 Å². The summed E-state index contributed by atoms with van der Waals surface area (Å²) in [4.78, 5) is 0. The minimum absolute atomic E-state index is 0.326. The Labute approximate surface area is 128 Å². The van der Waals surface area contributed by atoms with Gasteiger partial charge in [-0.2, -0.15) is 0 Å². The molecule has 3 unspecified atom stereocenters. The van der Waals surface area contributed by atoms with Crippen LogP contribution in [0.1, 0.15) is 57.1 Å². The highest BCUT2D eigenvalue weighted by Crippen LogP contribution is 2.66. The summed E-state index contributed by atoms with van der Waals surface area (Å²) in [7, 11) is 1.94. The summed E-state index contributed by atoms with van der Waals surface area (Å²) in [5.41, 5.74) is 1.95. The van der Waals surface area contributed by atoms with Crippen LogP contribution in [0.2, 0.25) is 0 Å². The van der Waals surface area contributed by atoms with Crippen LogP contribution in [0.15, 0.2) is 10.5 Å². The van der Waals surface area contributed by atoms with Gasteiger partial charge in [-0.3, -0.25) is 0 Å². The molecule has 3 heteroatoms. The number of rotatable bonds is 5. The van der Waals surface area contributed by atoms with Gasteiger partial charge in [0.25, 0.3) is 0 Å². The van der Waals surface area contributed by atoms with Crippen LogP contribution in [0.25, 0.3) is 0 Å². The zero-order chi connectivity index (χ0) is 15.3. The molecule has 3 rings (SSSR count). The predicted octanol–water partition coefficient (Wildman–Crippen LogP) is 4.04. The van der Waals surface area contributed by atoms with Gasteiger partial charge in [-0.15, -0.1) is 0 Å². The van der Waals surface area contributed by atoms with E-state index in [2.05, 4.69) is 39.1 Å². The third-order valence-electron chi connectivity index (χ3n) is 6.55. The molecule has 118 valence electrons. The molecule has 0 aromatic carbocycles. The molecule has 0 spiro atoms. The SMILES string of the molecule is CNCc1oc(COC2CC3CCC2(C)C3(C)C)cc1C. The molecule has 1 heterocycles. The van der Waals surface area contributed by atoms with Crippen molar-refractivity contribution in [3.63, 3.8) is 0 Å². The molecule has 0 saturated heterocycles. The van der Waals surface area contributed by atoms with Crippen molar-refractivity contribution in [3.05, 3.63) is 23.2 Å². The highest BCUT2D eigenvalue weighted by molar-refractivity contribution is 5.20. The third-order valence-corrected chi connectivity index (χ3v) is 6.55. The van der Waals surface area contributed by atoms with Crippen LogP contribution in [0.4, 0.5) is 0 Å². The Morgan fingerprint density at radius 3 is 2.71 bits per heavy atom. The van der Waals surface area contributed by atoms with Crippen molar-refractivity contribution in [2.75, 3.05) is 7.05 Å².